The van der Waals surface area contributed by atoms with Crippen LogP contribution in [0.15, 0.2) is 36.4 Å². The van der Waals surface area contributed by atoms with Gasteiger partial charge in [-0.3, -0.25) is 4.79 Å². The van der Waals surface area contributed by atoms with Crippen LogP contribution in [-0.4, -0.2) is 10.9 Å². The van der Waals surface area contributed by atoms with E-state index in [9.17, 15) is 9.18 Å². The minimum absolute atomic E-state index is 0.0732. The number of nitrogens with zero attached hydrogens (tertiary/aromatic N) is 1. The Morgan fingerprint density at radius 2 is 1.82 bits per heavy atom. The lowest BCUT2D eigenvalue weighted by Crippen LogP contribution is -2.14. The first-order chi connectivity index (χ1) is 8.08. The summed E-state index contributed by atoms with van der Waals surface area (Å²) in [5.41, 5.74) is 6.48. The van der Waals surface area contributed by atoms with Gasteiger partial charge in [-0.15, -0.1) is 0 Å². The minimum Gasteiger partial charge on any atom is -0.364 e. The van der Waals surface area contributed by atoms with Crippen molar-refractivity contribution in [2.75, 3.05) is 0 Å². The van der Waals surface area contributed by atoms with Crippen molar-refractivity contribution in [3.63, 3.8) is 0 Å². The average molecular weight is 251 g/mol. The van der Waals surface area contributed by atoms with Crippen molar-refractivity contribution >= 4 is 17.5 Å². The summed E-state index contributed by atoms with van der Waals surface area (Å²) in [4.78, 5) is 15.1. The molecule has 0 saturated heterocycles. The van der Waals surface area contributed by atoms with Crippen molar-refractivity contribution in [3.05, 3.63) is 53.1 Å². The average Bonchev–Trinajstić information content (AvgIpc) is 2.30. The molecule has 86 valence electrons. The normalized spacial score (nSPS) is 10.2. The molecule has 0 radical (unpaired) electrons. The van der Waals surface area contributed by atoms with Gasteiger partial charge in [0.05, 0.1) is 0 Å². The Morgan fingerprint density at radius 3 is 2.41 bits per heavy atom. The molecule has 0 saturated carbocycles. The number of aromatic nitrogens is 1. The highest BCUT2D eigenvalue weighted by Crippen LogP contribution is 2.24. The van der Waals surface area contributed by atoms with E-state index in [0.29, 0.717) is 11.1 Å². The summed E-state index contributed by atoms with van der Waals surface area (Å²) in [6, 6.07) is 8.87. The smallest absolute Gasteiger partial charge is 0.268 e. The Balaban J connectivity index is 2.58. The Kier molecular flexibility index (Phi) is 3.06. The number of amides is 1. The third kappa shape index (κ3) is 2.42. The first-order valence-electron chi connectivity index (χ1n) is 4.80. The standard InChI is InChI=1S/C12H8ClFN2O/c13-10-6-5-9(11(16-10)12(15)17)7-1-3-8(14)4-2-7/h1-6H,(H2,15,17). The number of hydrogen-bond acceptors (Lipinski definition) is 2. The SMILES string of the molecule is NC(=O)c1nc(Cl)ccc1-c1ccc(F)cc1. The highest BCUT2D eigenvalue weighted by molar-refractivity contribution is 6.29. The molecule has 5 heteroatoms. The summed E-state index contributed by atoms with van der Waals surface area (Å²) < 4.78 is 12.8. The Labute approximate surface area is 102 Å². The molecular weight excluding hydrogens is 243 g/mol. The van der Waals surface area contributed by atoms with Crippen molar-refractivity contribution in [3.8, 4) is 11.1 Å². The second-order valence-corrected chi connectivity index (χ2v) is 3.79. The predicted octanol–water partition coefficient (Wildman–Crippen LogP) is 2.64. The van der Waals surface area contributed by atoms with E-state index >= 15 is 0 Å². The lowest BCUT2D eigenvalue weighted by atomic mass is 10.0. The van der Waals surface area contributed by atoms with E-state index in [1.165, 1.54) is 12.1 Å². The molecule has 0 bridgehead atoms. The summed E-state index contributed by atoms with van der Waals surface area (Å²) in [5, 5.41) is 0.185. The molecular formula is C12H8ClFN2O. The molecule has 0 fully saturated rings. The predicted molar refractivity (Wildman–Crippen MR) is 63.2 cm³/mol. The van der Waals surface area contributed by atoms with E-state index in [2.05, 4.69) is 4.98 Å². The zero-order valence-electron chi connectivity index (χ0n) is 8.65. The van der Waals surface area contributed by atoms with Crippen LogP contribution in [0.4, 0.5) is 4.39 Å². The maximum atomic E-state index is 12.8. The zero-order valence-corrected chi connectivity index (χ0v) is 9.41. The van der Waals surface area contributed by atoms with Gasteiger partial charge in [0, 0.05) is 5.56 Å². The van der Waals surface area contributed by atoms with Crippen LogP contribution in [0.3, 0.4) is 0 Å². The number of hydrogen-bond donors (Lipinski definition) is 1. The van der Waals surface area contributed by atoms with Crippen LogP contribution in [0.1, 0.15) is 10.5 Å². The van der Waals surface area contributed by atoms with Gasteiger partial charge < -0.3 is 5.73 Å². The van der Waals surface area contributed by atoms with Gasteiger partial charge in [-0.2, -0.15) is 0 Å². The van der Waals surface area contributed by atoms with E-state index in [0.717, 1.165) is 0 Å². The topological polar surface area (TPSA) is 56.0 Å². The Hall–Kier alpha value is -1.94. The van der Waals surface area contributed by atoms with E-state index in [1.54, 1.807) is 24.3 Å². The zero-order chi connectivity index (χ0) is 12.4. The van der Waals surface area contributed by atoms with Crippen LogP contribution in [0.2, 0.25) is 5.15 Å². The summed E-state index contributed by atoms with van der Waals surface area (Å²) in [6.45, 7) is 0. The van der Waals surface area contributed by atoms with Crippen molar-refractivity contribution in [2.24, 2.45) is 5.73 Å². The van der Waals surface area contributed by atoms with E-state index in [-0.39, 0.29) is 16.7 Å². The second kappa shape index (κ2) is 4.51. The van der Waals surface area contributed by atoms with Gasteiger partial charge in [0.1, 0.15) is 16.7 Å². The summed E-state index contributed by atoms with van der Waals surface area (Å²) in [6.07, 6.45) is 0. The number of rotatable bonds is 2. The first kappa shape index (κ1) is 11.5. The second-order valence-electron chi connectivity index (χ2n) is 3.40. The van der Waals surface area contributed by atoms with E-state index in [4.69, 9.17) is 17.3 Å². The molecule has 1 aromatic heterocycles. The quantitative estimate of drug-likeness (QED) is 0.833. The van der Waals surface area contributed by atoms with E-state index in [1.807, 2.05) is 0 Å². The third-order valence-electron chi connectivity index (χ3n) is 2.25. The Morgan fingerprint density at radius 1 is 1.18 bits per heavy atom. The van der Waals surface area contributed by atoms with Crippen molar-refractivity contribution in [2.45, 2.75) is 0 Å². The minimum atomic E-state index is -0.674. The highest BCUT2D eigenvalue weighted by Gasteiger charge is 2.12. The molecule has 17 heavy (non-hydrogen) atoms. The van der Waals surface area contributed by atoms with Crippen LogP contribution < -0.4 is 5.73 Å². The molecule has 1 heterocycles. The number of carbonyl (C=O) groups excluding carboxylic acids is 1. The highest BCUT2D eigenvalue weighted by atomic mass is 35.5. The van der Waals surface area contributed by atoms with Crippen LogP contribution >= 0.6 is 11.6 Å². The summed E-state index contributed by atoms with van der Waals surface area (Å²) in [5.74, 6) is -1.02. The van der Waals surface area contributed by atoms with Gasteiger partial charge in [-0.25, -0.2) is 9.37 Å². The fraction of sp³-hybridized carbons (Fsp3) is 0. The van der Waals surface area contributed by atoms with E-state index < -0.39 is 5.91 Å². The number of nitrogens with two attached hydrogens (primary N) is 1. The number of primary amides is 1. The maximum Gasteiger partial charge on any atom is 0.268 e. The Bertz CT molecular complexity index is 569. The molecule has 3 nitrogen and oxygen atoms in total. The fourth-order valence-corrected chi connectivity index (χ4v) is 1.63. The molecule has 2 N–H and O–H groups in total. The van der Waals surface area contributed by atoms with Gasteiger partial charge in [0.2, 0.25) is 0 Å². The molecule has 2 aromatic rings. The lowest BCUT2D eigenvalue weighted by Gasteiger charge is -2.06. The molecule has 0 atom stereocenters. The largest absolute Gasteiger partial charge is 0.364 e. The molecule has 0 aliphatic carbocycles. The van der Waals surface area contributed by atoms with Gasteiger partial charge >= 0.3 is 0 Å². The number of halogens is 2. The molecule has 0 aliphatic rings. The molecule has 1 aromatic carbocycles. The fourth-order valence-electron chi connectivity index (χ4n) is 1.49. The molecule has 1 amide bonds. The van der Waals surface area contributed by atoms with Crippen LogP contribution in [-0.2, 0) is 0 Å². The van der Waals surface area contributed by atoms with Crippen molar-refractivity contribution < 1.29 is 9.18 Å². The monoisotopic (exact) mass is 250 g/mol. The summed E-state index contributed by atoms with van der Waals surface area (Å²) >= 11 is 5.69. The van der Waals surface area contributed by atoms with Gasteiger partial charge in [0.25, 0.3) is 5.91 Å². The lowest BCUT2D eigenvalue weighted by molar-refractivity contribution is 0.0996. The van der Waals surface area contributed by atoms with Crippen molar-refractivity contribution in [1.82, 2.24) is 4.98 Å². The number of benzene rings is 1. The van der Waals surface area contributed by atoms with Gasteiger partial charge in [-0.1, -0.05) is 23.7 Å². The maximum absolute atomic E-state index is 12.8. The molecule has 2 rings (SSSR count). The van der Waals surface area contributed by atoms with Crippen LogP contribution in [0, 0.1) is 5.82 Å². The van der Waals surface area contributed by atoms with Gasteiger partial charge in [0.15, 0.2) is 0 Å². The van der Waals surface area contributed by atoms with Crippen LogP contribution in [0.5, 0.6) is 0 Å². The number of pyridine rings is 1. The molecule has 0 aliphatic heterocycles. The first-order valence-corrected chi connectivity index (χ1v) is 5.18. The molecule has 0 spiro atoms. The van der Waals surface area contributed by atoms with Crippen LogP contribution in [0.25, 0.3) is 11.1 Å². The number of carbonyl (C=O) groups is 1. The summed E-state index contributed by atoms with van der Waals surface area (Å²) in [7, 11) is 0. The van der Waals surface area contributed by atoms with Gasteiger partial charge in [-0.05, 0) is 29.8 Å². The van der Waals surface area contributed by atoms with Crippen molar-refractivity contribution in [1.29, 1.82) is 0 Å². The molecule has 0 unspecified atom stereocenters. The third-order valence-corrected chi connectivity index (χ3v) is 2.46.